The largest absolute Gasteiger partial charge is 0.497 e. The quantitative estimate of drug-likeness (QED) is 0.608. The Kier molecular flexibility index (Phi) is 7.18. The van der Waals surface area contributed by atoms with Crippen molar-refractivity contribution >= 4 is 11.6 Å². The van der Waals surface area contributed by atoms with Crippen molar-refractivity contribution in [3.63, 3.8) is 0 Å². The summed E-state index contributed by atoms with van der Waals surface area (Å²) >= 11 is 0. The lowest BCUT2D eigenvalue weighted by Gasteiger charge is -2.37. The zero-order chi connectivity index (χ0) is 17.4. The summed E-state index contributed by atoms with van der Waals surface area (Å²) < 4.78 is 5.32. The number of benzene rings is 1. The molecule has 1 atom stereocenters. The highest BCUT2D eigenvalue weighted by Crippen LogP contribution is 2.22. The lowest BCUT2D eigenvalue weighted by atomic mass is 10.2. The Morgan fingerprint density at radius 1 is 1.33 bits per heavy atom. The summed E-state index contributed by atoms with van der Waals surface area (Å²) in [7, 11) is 1.70. The molecule has 1 fully saturated rings. The van der Waals surface area contributed by atoms with E-state index in [-0.39, 0.29) is 12.5 Å². The lowest BCUT2D eigenvalue weighted by molar-refractivity contribution is 0.241. The molecular formula is C18H30N4O2. The molecule has 6 nitrogen and oxygen atoms in total. The molecule has 0 spiro atoms. The number of nitrogens with zero attached hydrogens (tertiary/aromatic N) is 3. The summed E-state index contributed by atoms with van der Waals surface area (Å²) in [6.45, 7) is 9.52. The van der Waals surface area contributed by atoms with Crippen molar-refractivity contribution in [3.8, 4) is 5.75 Å². The maximum absolute atomic E-state index is 9.17. The van der Waals surface area contributed by atoms with E-state index in [0.29, 0.717) is 6.54 Å². The van der Waals surface area contributed by atoms with E-state index < -0.39 is 0 Å². The second-order valence-electron chi connectivity index (χ2n) is 6.16. The van der Waals surface area contributed by atoms with Gasteiger partial charge in [-0.2, -0.15) is 0 Å². The third-order valence-corrected chi connectivity index (χ3v) is 4.20. The molecule has 1 aliphatic heterocycles. The van der Waals surface area contributed by atoms with Gasteiger partial charge in [-0.1, -0.05) is 13.0 Å². The van der Waals surface area contributed by atoms with Gasteiger partial charge in [-0.25, -0.2) is 0 Å². The molecule has 6 heteroatoms. The predicted octanol–water partition coefficient (Wildman–Crippen LogP) is 1.41. The maximum Gasteiger partial charge on any atom is 0.194 e. The van der Waals surface area contributed by atoms with Gasteiger partial charge < -0.3 is 25.0 Å². The fourth-order valence-electron chi connectivity index (χ4n) is 2.71. The molecule has 0 bridgehead atoms. The molecule has 0 radical (unpaired) electrons. The van der Waals surface area contributed by atoms with Crippen LogP contribution in [0.2, 0.25) is 0 Å². The molecule has 0 saturated carbocycles. The monoisotopic (exact) mass is 334 g/mol. The minimum atomic E-state index is 0.173. The number of aliphatic hydroxyl groups excluding tert-OH is 1. The van der Waals surface area contributed by atoms with Crippen molar-refractivity contribution in [3.05, 3.63) is 24.3 Å². The van der Waals surface area contributed by atoms with Gasteiger partial charge in [-0.05, 0) is 25.0 Å². The van der Waals surface area contributed by atoms with Gasteiger partial charge >= 0.3 is 0 Å². The number of rotatable bonds is 6. The predicted molar refractivity (Wildman–Crippen MR) is 99.0 cm³/mol. The van der Waals surface area contributed by atoms with Crippen molar-refractivity contribution in [2.45, 2.75) is 13.8 Å². The van der Waals surface area contributed by atoms with E-state index in [1.807, 2.05) is 19.1 Å². The van der Waals surface area contributed by atoms with E-state index in [0.717, 1.165) is 44.4 Å². The second kappa shape index (κ2) is 9.37. The third kappa shape index (κ3) is 5.03. The number of hydrogen-bond acceptors (Lipinski definition) is 4. The van der Waals surface area contributed by atoms with Gasteiger partial charge in [-0.15, -0.1) is 0 Å². The summed E-state index contributed by atoms with van der Waals surface area (Å²) in [5.41, 5.74) is 1.20. The van der Waals surface area contributed by atoms with Crippen molar-refractivity contribution < 1.29 is 9.84 Å². The van der Waals surface area contributed by atoms with Crippen LogP contribution in [0.1, 0.15) is 13.8 Å². The highest BCUT2D eigenvalue weighted by molar-refractivity contribution is 5.80. The van der Waals surface area contributed by atoms with Crippen LogP contribution in [0.25, 0.3) is 0 Å². The van der Waals surface area contributed by atoms with E-state index in [1.165, 1.54) is 5.69 Å². The zero-order valence-corrected chi connectivity index (χ0v) is 15.0. The highest BCUT2D eigenvalue weighted by Gasteiger charge is 2.20. The molecule has 1 heterocycles. The van der Waals surface area contributed by atoms with Gasteiger partial charge in [0, 0.05) is 57.6 Å². The van der Waals surface area contributed by atoms with Crippen LogP contribution in [-0.2, 0) is 0 Å². The van der Waals surface area contributed by atoms with E-state index >= 15 is 0 Å². The number of piperazine rings is 1. The number of guanidine groups is 1. The first-order valence-electron chi connectivity index (χ1n) is 8.71. The van der Waals surface area contributed by atoms with Gasteiger partial charge in [0.25, 0.3) is 0 Å². The molecule has 24 heavy (non-hydrogen) atoms. The fourth-order valence-corrected chi connectivity index (χ4v) is 2.71. The van der Waals surface area contributed by atoms with Crippen LogP contribution in [0.4, 0.5) is 5.69 Å². The smallest absolute Gasteiger partial charge is 0.194 e. The van der Waals surface area contributed by atoms with E-state index in [4.69, 9.17) is 4.74 Å². The first-order valence-corrected chi connectivity index (χ1v) is 8.71. The van der Waals surface area contributed by atoms with Crippen molar-refractivity contribution in [2.75, 3.05) is 57.9 Å². The van der Waals surface area contributed by atoms with Crippen LogP contribution < -0.4 is 15.0 Å². The van der Waals surface area contributed by atoms with Gasteiger partial charge in [0.05, 0.1) is 7.11 Å². The molecule has 2 N–H and O–H groups in total. The molecule has 134 valence electrons. The standard InChI is InChI=1S/C18H30N4O2/c1-4-19-18(20-13-15(2)14-23)22-10-8-21(9-11-22)16-6-5-7-17(12-16)24-3/h5-7,12,15,23H,4,8-11,13-14H2,1-3H3,(H,19,20). The van der Waals surface area contributed by atoms with E-state index in [9.17, 15) is 5.11 Å². The summed E-state index contributed by atoms with van der Waals surface area (Å²) in [5.74, 6) is 2.03. The van der Waals surface area contributed by atoms with Crippen LogP contribution in [-0.4, -0.2) is 69.0 Å². The van der Waals surface area contributed by atoms with Crippen LogP contribution in [0.3, 0.4) is 0 Å². The van der Waals surface area contributed by atoms with Gasteiger partial charge in [0.15, 0.2) is 5.96 Å². The lowest BCUT2D eigenvalue weighted by Crippen LogP contribution is -2.52. The number of hydrogen-bond donors (Lipinski definition) is 2. The van der Waals surface area contributed by atoms with Crippen molar-refractivity contribution in [2.24, 2.45) is 10.9 Å². The summed E-state index contributed by atoms with van der Waals surface area (Å²) in [6.07, 6.45) is 0. The Bertz CT molecular complexity index is 528. The Labute approximate surface area is 145 Å². The molecule has 2 rings (SSSR count). The van der Waals surface area contributed by atoms with Crippen LogP contribution in [0, 0.1) is 5.92 Å². The summed E-state index contributed by atoms with van der Waals surface area (Å²) in [4.78, 5) is 9.34. The number of aliphatic hydroxyl groups is 1. The topological polar surface area (TPSA) is 60.3 Å². The third-order valence-electron chi connectivity index (χ3n) is 4.20. The zero-order valence-electron chi connectivity index (χ0n) is 15.0. The van der Waals surface area contributed by atoms with E-state index in [1.54, 1.807) is 7.11 Å². The first kappa shape index (κ1) is 18.4. The highest BCUT2D eigenvalue weighted by atomic mass is 16.5. The summed E-state index contributed by atoms with van der Waals surface area (Å²) in [6, 6.07) is 8.21. The first-order chi connectivity index (χ1) is 11.7. The fraction of sp³-hybridized carbons (Fsp3) is 0.611. The molecule has 0 aromatic heterocycles. The average molecular weight is 334 g/mol. The number of anilines is 1. The van der Waals surface area contributed by atoms with Gasteiger partial charge in [-0.3, -0.25) is 4.99 Å². The summed E-state index contributed by atoms with van der Waals surface area (Å²) in [5, 5.41) is 12.5. The number of methoxy groups -OCH3 is 1. The Hall–Kier alpha value is -1.95. The van der Waals surface area contributed by atoms with Crippen LogP contribution in [0.15, 0.2) is 29.3 Å². The van der Waals surface area contributed by atoms with Crippen LogP contribution in [0.5, 0.6) is 5.75 Å². The number of aliphatic imine (C=N–C) groups is 1. The van der Waals surface area contributed by atoms with Crippen LogP contribution >= 0.6 is 0 Å². The molecule has 1 aromatic rings. The molecule has 1 unspecified atom stereocenters. The second-order valence-corrected chi connectivity index (χ2v) is 6.16. The van der Waals surface area contributed by atoms with Gasteiger partial charge in [0.2, 0.25) is 0 Å². The molecular weight excluding hydrogens is 304 g/mol. The van der Waals surface area contributed by atoms with Gasteiger partial charge in [0.1, 0.15) is 5.75 Å². The average Bonchev–Trinajstić information content (AvgIpc) is 2.65. The molecule has 0 amide bonds. The Morgan fingerprint density at radius 3 is 2.71 bits per heavy atom. The minimum Gasteiger partial charge on any atom is -0.497 e. The maximum atomic E-state index is 9.17. The molecule has 0 aliphatic carbocycles. The number of nitrogens with one attached hydrogen (secondary N) is 1. The molecule has 1 aromatic carbocycles. The Balaban J connectivity index is 1.96. The van der Waals surface area contributed by atoms with Crippen molar-refractivity contribution in [1.82, 2.24) is 10.2 Å². The minimum absolute atomic E-state index is 0.173. The SMILES string of the molecule is CCNC(=NCC(C)CO)N1CCN(c2cccc(OC)c2)CC1. The normalized spacial score (nSPS) is 16.9. The van der Waals surface area contributed by atoms with Crippen molar-refractivity contribution in [1.29, 1.82) is 0 Å². The molecule has 1 aliphatic rings. The Morgan fingerprint density at radius 2 is 2.08 bits per heavy atom. The number of ether oxygens (including phenoxy) is 1. The van der Waals surface area contributed by atoms with E-state index in [2.05, 4.69) is 39.2 Å². The molecule has 1 saturated heterocycles.